The Morgan fingerprint density at radius 2 is 1.70 bits per heavy atom. The number of amides is 2. The van der Waals surface area contributed by atoms with E-state index in [0.717, 1.165) is 17.7 Å². The number of halogens is 2. The van der Waals surface area contributed by atoms with Crippen molar-refractivity contribution < 1.29 is 27.8 Å². The predicted molar refractivity (Wildman–Crippen MR) is 135 cm³/mol. The molecule has 2 N–H and O–H groups in total. The van der Waals surface area contributed by atoms with E-state index in [1.54, 1.807) is 16.7 Å². The summed E-state index contributed by atoms with van der Waals surface area (Å²) in [4.78, 5) is 33.8. The minimum Gasteiger partial charge on any atom is -0.484 e. The molecule has 202 valence electrons. The van der Waals surface area contributed by atoms with Crippen molar-refractivity contribution in [1.82, 2.24) is 9.80 Å². The molecule has 2 unspecified atom stereocenters. The van der Waals surface area contributed by atoms with Crippen molar-refractivity contribution in [2.24, 2.45) is 10.7 Å². The minimum absolute atomic E-state index is 0.0291. The van der Waals surface area contributed by atoms with E-state index < -0.39 is 11.6 Å². The van der Waals surface area contributed by atoms with Gasteiger partial charge in [0.25, 0.3) is 5.91 Å². The summed E-state index contributed by atoms with van der Waals surface area (Å²) in [6.45, 7) is 7.27. The van der Waals surface area contributed by atoms with Gasteiger partial charge < -0.3 is 25.0 Å². The van der Waals surface area contributed by atoms with Gasteiger partial charge in [-0.05, 0) is 57.7 Å². The third-order valence-electron chi connectivity index (χ3n) is 7.08. The number of rotatable bonds is 5. The second kappa shape index (κ2) is 11.6. The quantitative estimate of drug-likeness (QED) is 0.604. The van der Waals surface area contributed by atoms with Crippen LogP contribution in [-0.4, -0.2) is 78.4 Å². The lowest BCUT2D eigenvalue weighted by molar-refractivity contribution is -0.139. The SMILES string of the molecule is Cc1cc(F)c(OC2CCN(C(=O)CN=C3CCC/C3=C(/N)C(=O)N3CC(C)OC(C)C3)CC2)c(F)c1. The van der Waals surface area contributed by atoms with Crippen LogP contribution >= 0.6 is 0 Å². The van der Waals surface area contributed by atoms with Crippen molar-refractivity contribution in [3.8, 4) is 5.75 Å². The Morgan fingerprint density at radius 1 is 1.08 bits per heavy atom. The number of ether oxygens (including phenoxy) is 2. The molecule has 2 atom stereocenters. The second-order valence-electron chi connectivity index (χ2n) is 10.2. The second-order valence-corrected chi connectivity index (χ2v) is 10.2. The van der Waals surface area contributed by atoms with Gasteiger partial charge in [-0.2, -0.15) is 0 Å². The normalized spacial score (nSPS) is 25.5. The number of nitrogens with two attached hydrogens (primary N) is 1. The number of likely N-dealkylation sites (tertiary alicyclic amines) is 1. The number of aliphatic imine (C=N–C) groups is 1. The number of allylic oxidation sites excluding steroid dienone is 1. The van der Waals surface area contributed by atoms with Gasteiger partial charge in [0.2, 0.25) is 5.91 Å². The number of carbonyl (C=O) groups is 2. The van der Waals surface area contributed by atoms with Gasteiger partial charge in [0.15, 0.2) is 17.4 Å². The van der Waals surface area contributed by atoms with Crippen molar-refractivity contribution in [1.29, 1.82) is 0 Å². The molecule has 0 bridgehead atoms. The first kappa shape index (κ1) is 27.0. The molecule has 3 aliphatic rings. The lowest BCUT2D eigenvalue weighted by Crippen LogP contribution is -2.49. The fraction of sp³-hybridized carbons (Fsp3) is 0.593. The molecule has 1 aromatic carbocycles. The summed E-state index contributed by atoms with van der Waals surface area (Å²) in [6, 6.07) is 2.48. The van der Waals surface area contributed by atoms with Crippen LogP contribution < -0.4 is 10.5 Å². The lowest BCUT2D eigenvalue weighted by atomic mass is 10.1. The molecule has 2 saturated heterocycles. The molecule has 0 aromatic heterocycles. The summed E-state index contributed by atoms with van der Waals surface area (Å²) in [5.41, 5.74) is 8.44. The van der Waals surface area contributed by atoms with Crippen LogP contribution in [0.1, 0.15) is 51.5 Å². The number of nitrogens with zero attached hydrogens (tertiary/aromatic N) is 3. The summed E-state index contributed by atoms with van der Waals surface area (Å²) in [6.07, 6.45) is 2.64. The van der Waals surface area contributed by atoms with Crippen molar-refractivity contribution in [2.45, 2.75) is 71.2 Å². The van der Waals surface area contributed by atoms with Crippen LogP contribution in [0.4, 0.5) is 8.78 Å². The first-order chi connectivity index (χ1) is 17.6. The molecule has 2 amide bonds. The Kier molecular flexibility index (Phi) is 8.46. The van der Waals surface area contributed by atoms with E-state index in [9.17, 15) is 18.4 Å². The van der Waals surface area contributed by atoms with Gasteiger partial charge >= 0.3 is 0 Å². The summed E-state index contributed by atoms with van der Waals surface area (Å²) >= 11 is 0. The molecular weight excluding hydrogens is 482 g/mol. The van der Waals surface area contributed by atoms with Crippen molar-refractivity contribution in [3.63, 3.8) is 0 Å². The maximum Gasteiger partial charge on any atom is 0.270 e. The van der Waals surface area contributed by atoms with Crippen LogP contribution in [-0.2, 0) is 14.3 Å². The first-order valence-corrected chi connectivity index (χ1v) is 13.0. The summed E-state index contributed by atoms with van der Waals surface area (Å²) in [5.74, 6) is -2.15. The Balaban J connectivity index is 1.32. The highest BCUT2D eigenvalue weighted by Crippen LogP contribution is 2.28. The standard InChI is InChI=1S/C27H36F2N4O4/c1-16-11-21(28)26(22(29)12-16)37-19-7-9-32(10-8-19)24(34)13-31-23-6-4-5-20(23)25(30)27(35)33-14-17(2)36-18(3)15-33/h11-12,17-19H,4-10,13-15,30H2,1-3H3/b25-20-,31-23?. The zero-order chi connectivity index (χ0) is 26.7. The minimum atomic E-state index is -0.720. The summed E-state index contributed by atoms with van der Waals surface area (Å²) < 4.78 is 39.5. The number of carbonyl (C=O) groups excluding carboxylic acids is 2. The molecule has 4 rings (SSSR count). The lowest BCUT2D eigenvalue weighted by Gasteiger charge is -2.35. The van der Waals surface area contributed by atoms with Gasteiger partial charge in [-0.3, -0.25) is 14.6 Å². The van der Waals surface area contributed by atoms with Crippen molar-refractivity contribution in [3.05, 3.63) is 40.6 Å². The molecule has 2 heterocycles. The molecule has 3 fully saturated rings. The maximum absolute atomic E-state index is 14.1. The Labute approximate surface area is 216 Å². The van der Waals surface area contributed by atoms with Crippen LogP contribution in [0.3, 0.4) is 0 Å². The molecule has 1 aliphatic carbocycles. The van der Waals surface area contributed by atoms with Gasteiger partial charge in [0, 0.05) is 50.3 Å². The van der Waals surface area contributed by atoms with Crippen LogP contribution in [0, 0.1) is 18.6 Å². The smallest absolute Gasteiger partial charge is 0.270 e. The highest BCUT2D eigenvalue weighted by molar-refractivity contribution is 6.09. The molecular formula is C27H36F2N4O4. The van der Waals surface area contributed by atoms with Crippen molar-refractivity contribution in [2.75, 3.05) is 32.7 Å². The summed E-state index contributed by atoms with van der Waals surface area (Å²) in [7, 11) is 0. The number of aryl methyl sites for hydroxylation is 1. The van der Waals surface area contributed by atoms with Crippen molar-refractivity contribution >= 4 is 17.5 Å². The highest BCUT2D eigenvalue weighted by atomic mass is 19.1. The molecule has 0 spiro atoms. The van der Waals surface area contributed by atoms with Crippen LogP contribution in [0.25, 0.3) is 0 Å². The van der Waals surface area contributed by atoms with Crippen LogP contribution in [0.15, 0.2) is 28.4 Å². The maximum atomic E-state index is 14.1. The van der Waals surface area contributed by atoms with Gasteiger partial charge in [-0.1, -0.05) is 0 Å². The zero-order valence-corrected chi connectivity index (χ0v) is 21.8. The van der Waals surface area contributed by atoms with Crippen LogP contribution in [0.2, 0.25) is 0 Å². The molecule has 37 heavy (non-hydrogen) atoms. The Bertz CT molecular complexity index is 1060. The van der Waals surface area contributed by atoms with E-state index in [0.29, 0.717) is 57.4 Å². The van der Waals surface area contributed by atoms with Gasteiger partial charge in [-0.25, -0.2) is 8.78 Å². The fourth-order valence-electron chi connectivity index (χ4n) is 5.29. The molecule has 1 saturated carbocycles. The van der Waals surface area contributed by atoms with E-state index in [1.165, 1.54) is 12.1 Å². The van der Waals surface area contributed by atoms with Gasteiger partial charge in [-0.15, -0.1) is 0 Å². The zero-order valence-electron chi connectivity index (χ0n) is 21.8. The number of morpholine rings is 1. The fourth-order valence-corrected chi connectivity index (χ4v) is 5.29. The van der Waals surface area contributed by atoms with E-state index in [2.05, 4.69) is 4.99 Å². The van der Waals surface area contributed by atoms with Gasteiger partial charge in [0.05, 0.1) is 12.2 Å². The molecule has 10 heteroatoms. The average molecular weight is 519 g/mol. The van der Waals surface area contributed by atoms with Crippen LogP contribution in [0.5, 0.6) is 5.75 Å². The third-order valence-corrected chi connectivity index (χ3v) is 7.08. The topological polar surface area (TPSA) is 97.5 Å². The third kappa shape index (κ3) is 6.47. The highest BCUT2D eigenvalue weighted by Gasteiger charge is 2.31. The van der Waals surface area contributed by atoms with E-state index in [-0.39, 0.29) is 48.1 Å². The average Bonchev–Trinajstić information content (AvgIpc) is 3.32. The van der Waals surface area contributed by atoms with E-state index >= 15 is 0 Å². The largest absolute Gasteiger partial charge is 0.484 e. The molecule has 1 aromatic rings. The monoisotopic (exact) mass is 518 g/mol. The molecule has 8 nitrogen and oxygen atoms in total. The molecule has 2 aliphatic heterocycles. The Morgan fingerprint density at radius 3 is 2.32 bits per heavy atom. The summed E-state index contributed by atoms with van der Waals surface area (Å²) in [5, 5.41) is 0. The van der Waals surface area contributed by atoms with E-state index in [1.807, 2.05) is 13.8 Å². The predicted octanol–water partition coefficient (Wildman–Crippen LogP) is 3.12. The number of benzene rings is 1. The van der Waals surface area contributed by atoms with Gasteiger partial charge in [0.1, 0.15) is 18.3 Å². The van der Waals surface area contributed by atoms with E-state index in [4.69, 9.17) is 15.2 Å². The number of hydrogen-bond acceptors (Lipinski definition) is 6. The molecule has 0 radical (unpaired) electrons. The number of hydrogen-bond donors (Lipinski definition) is 1. The number of piperidine rings is 1. The first-order valence-electron chi connectivity index (χ1n) is 13.0. The Hall–Kier alpha value is -3.01.